The van der Waals surface area contributed by atoms with Crippen molar-refractivity contribution in [3.63, 3.8) is 0 Å². The second-order valence-corrected chi connectivity index (χ2v) is 4.15. The molecule has 2 nitrogen and oxygen atoms in total. The van der Waals surface area contributed by atoms with Gasteiger partial charge in [-0.25, -0.2) is 4.98 Å². The topological polar surface area (TPSA) is 17.8 Å². The van der Waals surface area contributed by atoms with Crippen molar-refractivity contribution in [2.75, 3.05) is 0 Å². The molecule has 1 aromatic carbocycles. The van der Waals surface area contributed by atoms with E-state index in [9.17, 15) is 0 Å². The van der Waals surface area contributed by atoms with Crippen LogP contribution in [0.3, 0.4) is 0 Å². The number of benzene rings is 1. The first kappa shape index (κ1) is 10.9. The number of aromatic nitrogens is 2. The van der Waals surface area contributed by atoms with Gasteiger partial charge in [-0.05, 0) is 44.4 Å². The van der Waals surface area contributed by atoms with Gasteiger partial charge in [0.25, 0.3) is 0 Å². The smallest absolute Gasteiger partial charge is 0.106 e. The highest BCUT2D eigenvalue weighted by Crippen LogP contribution is 2.17. The highest BCUT2D eigenvalue weighted by atomic mass is 15.0. The molecule has 0 amide bonds. The number of fused-ring (bicyclic) bond motifs is 1. The fraction of sp³-hybridized carbons (Fsp3) is 0.357. The van der Waals surface area contributed by atoms with Crippen LogP contribution in [0.2, 0.25) is 0 Å². The minimum atomic E-state index is 1.07. The quantitative estimate of drug-likeness (QED) is 0.716. The Kier molecular flexibility index (Phi) is 3.09. The number of hydrogen-bond donors (Lipinski definition) is 0. The average Bonchev–Trinajstić information content (AvgIpc) is 2.55. The van der Waals surface area contributed by atoms with Gasteiger partial charge in [-0.3, -0.25) is 0 Å². The fourth-order valence-corrected chi connectivity index (χ4v) is 1.94. The van der Waals surface area contributed by atoms with Crippen molar-refractivity contribution in [2.45, 2.75) is 26.7 Å². The number of hydrogen-bond acceptors (Lipinski definition) is 1. The van der Waals surface area contributed by atoms with Crippen molar-refractivity contribution in [1.82, 2.24) is 9.55 Å². The van der Waals surface area contributed by atoms with Gasteiger partial charge in [0.15, 0.2) is 0 Å². The van der Waals surface area contributed by atoms with Gasteiger partial charge >= 0.3 is 0 Å². The first-order valence-corrected chi connectivity index (χ1v) is 5.75. The van der Waals surface area contributed by atoms with Gasteiger partial charge < -0.3 is 4.57 Å². The van der Waals surface area contributed by atoms with E-state index >= 15 is 0 Å². The highest BCUT2D eigenvalue weighted by molar-refractivity contribution is 5.76. The fourth-order valence-electron chi connectivity index (χ4n) is 1.94. The molecule has 2 aromatic rings. The van der Waals surface area contributed by atoms with Crippen molar-refractivity contribution < 1.29 is 0 Å². The van der Waals surface area contributed by atoms with Crippen LogP contribution in [-0.2, 0) is 13.5 Å². The van der Waals surface area contributed by atoms with E-state index in [1.807, 2.05) is 6.92 Å². The van der Waals surface area contributed by atoms with Crippen molar-refractivity contribution >= 4 is 11.0 Å². The van der Waals surface area contributed by atoms with Crippen LogP contribution in [0.4, 0.5) is 0 Å². The molecule has 0 atom stereocenters. The van der Waals surface area contributed by atoms with E-state index in [4.69, 9.17) is 0 Å². The molecule has 0 radical (unpaired) electrons. The Morgan fingerprint density at radius 3 is 2.94 bits per heavy atom. The zero-order valence-corrected chi connectivity index (χ0v) is 10.2. The normalized spacial score (nSPS) is 11.7. The third-order valence-electron chi connectivity index (χ3n) is 3.00. The van der Waals surface area contributed by atoms with E-state index in [2.05, 4.69) is 53.9 Å². The number of allylic oxidation sites excluding steroid dienone is 2. The Balaban J connectivity index is 2.30. The van der Waals surface area contributed by atoms with Crippen molar-refractivity contribution in [3.8, 4) is 0 Å². The summed E-state index contributed by atoms with van der Waals surface area (Å²) in [5, 5.41) is 0. The lowest BCUT2D eigenvalue weighted by Crippen LogP contribution is -1.90. The molecule has 1 heterocycles. The van der Waals surface area contributed by atoms with Crippen LogP contribution in [0.15, 0.2) is 30.4 Å². The van der Waals surface area contributed by atoms with Gasteiger partial charge in [0.2, 0.25) is 0 Å². The maximum Gasteiger partial charge on any atom is 0.106 e. The number of rotatable bonds is 3. The predicted molar refractivity (Wildman–Crippen MR) is 68.6 cm³/mol. The van der Waals surface area contributed by atoms with E-state index in [0.717, 1.165) is 24.2 Å². The second-order valence-electron chi connectivity index (χ2n) is 4.15. The Hall–Kier alpha value is -1.57. The Bertz CT molecular complexity index is 521. The van der Waals surface area contributed by atoms with E-state index in [-0.39, 0.29) is 0 Å². The maximum absolute atomic E-state index is 4.55. The number of imidazole rings is 1. The molecule has 0 unspecified atom stereocenters. The summed E-state index contributed by atoms with van der Waals surface area (Å²) in [5.41, 5.74) is 3.69. The molecule has 84 valence electrons. The molecular weight excluding hydrogens is 196 g/mol. The van der Waals surface area contributed by atoms with E-state index in [0.29, 0.717) is 0 Å². The standard InChI is InChI=1S/C14H18N2/c1-4-5-6-7-12-8-9-14-13(10-12)15-11(2)16(14)3/h4-5,8-10H,6-7H2,1-3H3/b5-4+. The minimum absolute atomic E-state index is 1.07. The average molecular weight is 214 g/mol. The molecule has 0 fully saturated rings. The molecule has 0 saturated heterocycles. The van der Waals surface area contributed by atoms with Gasteiger partial charge in [-0.1, -0.05) is 18.2 Å². The van der Waals surface area contributed by atoms with Gasteiger partial charge in [0.1, 0.15) is 5.82 Å². The molecule has 16 heavy (non-hydrogen) atoms. The summed E-state index contributed by atoms with van der Waals surface area (Å²) >= 11 is 0. The summed E-state index contributed by atoms with van der Waals surface area (Å²) in [7, 11) is 2.06. The summed E-state index contributed by atoms with van der Waals surface area (Å²) < 4.78 is 2.13. The van der Waals surface area contributed by atoms with Gasteiger partial charge in [-0.15, -0.1) is 0 Å². The monoisotopic (exact) mass is 214 g/mol. The first-order chi connectivity index (χ1) is 7.72. The molecule has 0 saturated carbocycles. The van der Waals surface area contributed by atoms with Gasteiger partial charge in [0, 0.05) is 7.05 Å². The molecule has 0 aliphatic rings. The largest absolute Gasteiger partial charge is 0.331 e. The molecule has 1 aromatic heterocycles. The molecule has 2 rings (SSSR count). The van der Waals surface area contributed by atoms with Crippen LogP contribution in [0.5, 0.6) is 0 Å². The van der Waals surface area contributed by atoms with Crippen LogP contribution in [0.1, 0.15) is 24.7 Å². The summed E-state index contributed by atoms with van der Waals surface area (Å²) in [5.74, 6) is 1.07. The summed E-state index contributed by atoms with van der Waals surface area (Å²) in [4.78, 5) is 4.55. The van der Waals surface area contributed by atoms with E-state index in [1.54, 1.807) is 0 Å². The Labute approximate surface area is 96.6 Å². The number of aryl methyl sites for hydroxylation is 3. The molecular formula is C14H18N2. The van der Waals surface area contributed by atoms with Crippen LogP contribution < -0.4 is 0 Å². The van der Waals surface area contributed by atoms with Crippen molar-refractivity contribution in [3.05, 3.63) is 41.7 Å². The molecule has 0 N–H and O–H groups in total. The SMILES string of the molecule is C/C=C/CCc1ccc2c(c1)nc(C)n2C. The van der Waals surface area contributed by atoms with Crippen molar-refractivity contribution in [2.24, 2.45) is 7.05 Å². The zero-order valence-electron chi connectivity index (χ0n) is 10.2. The molecule has 0 aliphatic carbocycles. The molecule has 0 bridgehead atoms. The second kappa shape index (κ2) is 4.52. The third kappa shape index (κ3) is 2.01. The van der Waals surface area contributed by atoms with E-state index < -0.39 is 0 Å². The Morgan fingerprint density at radius 1 is 1.38 bits per heavy atom. The maximum atomic E-state index is 4.55. The lowest BCUT2D eigenvalue weighted by atomic mass is 10.1. The Morgan fingerprint density at radius 2 is 2.19 bits per heavy atom. The molecule has 2 heteroatoms. The summed E-state index contributed by atoms with van der Waals surface area (Å²) in [6.45, 7) is 4.10. The van der Waals surface area contributed by atoms with Crippen molar-refractivity contribution in [1.29, 1.82) is 0 Å². The lowest BCUT2D eigenvalue weighted by molar-refractivity contribution is 0.886. The summed E-state index contributed by atoms with van der Waals surface area (Å²) in [6.07, 6.45) is 6.50. The van der Waals surface area contributed by atoms with Gasteiger partial charge in [0.05, 0.1) is 11.0 Å². The highest BCUT2D eigenvalue weighted by Gasteiger charge is 2.03. The number of nitrogens with zero attached hydrogens (tertiary/aromatic N) is 2. The van der Waals surface area contributed by atoms with E-state index in [1.165, 1.54) is 11.1 Å². The summed E-state index contributed by atoms with van der Waals surface area (Å²) in [6, 6.07) is 6.57. The zero-order chi connectivity index (χ0) is 11.5. The lowest BCUT2D eigenvalue weighted by Gasteiger charge is -1.99. The van der Waals surface area contributed by atoms with Crippen LogP contribution in [0.25, 0.3) is 11.0 Å². The molecule has 0 spiro atoms. The first-order valence-electron chi connectivity index (χ1n) is 5.75. The molecule has 0 aliphatic heterocycles. The van der Waals surface area contributed by atoms with Crippen LogP contribution in [0, 0.1) is 6.92 Å². The predicted octanol–water partition coefficient (Wildman–Crippen LogP) is 3.39. The minimum Gasteiger partial charge on any atom is -0.331 e. The van der Waals surface area contributed by atoms with Crippen LogP contribution >= 0.6 is 0 Å². The third-order valence-corrected chi connectivity index (χ3v) is 3.00. The van der Waals surface area contributed by atoms with Crippen LogP contribution in [-0.4, -0.2) is 9.55 Å². The van der Waals surface area contributed by atoms with Gasteiger partial charge in [-0.2, -0.15) is 0 Å².